The van der Waals surface area contributed by atoms with Crippen molar-refractivity contribution in [3.05, 3.63) is 0 Å². The zero-order chi connectivity index (χ0) is 13.1. The lowest BCUT2D eigenvalue weighted by Gasteiger charge is -2.47. The first-order chi connectivity index (χ1) is 9.31. The second-order valence-electron chi connectivity index (χ2n) is 6.78. The Morgan fingerprint density at radius 2 is 2.11 bits per heavy atom. The van der Waals surface area contributed by atoms with Crippen LogP contribution in [0.1, 0.15) is 32.1 Å². The molecular weight excluding hydrogens is 238 g/mol. The van der Waals surface area contributed by atoms with Crippen LogP contribution in [0.25, 0.3) is 0 Å². The summed E-state index contributed by atoms with van der Waals surface area (Å²) >= 11 is 0. The minimum absolute atomic E-state index is 0.231. The summed E-state index contributed by atoms with van der Waals surface area (Å²) < 4.78 is 5.71. The van der Waals surface area contributed by atoms with Crippen molar-refractivity contribution in [3.63, 3.8) is 0 Å². The second-order valence-corrected chi connectivity index (χ2v) is 6.78. The molecule has 4 heteroatoms. The van der Waals surface area contributed by atoms with Crippen LogP contribution in [0.15, 0.2) is 0 Å². The van der Waals surface area contributed by atoms with Crippen molar-refractivity contribution in [2.24, 2.45) is 11.1 Å². The van der Waals surface area contributed by atoms with Gasteiger partial charge in [0.25, 0.3) is 0 Å². The van der Waals surface area contributed by atoms with Gasteiger partial charge in [-0.25, -0.2) is 0 Å². The molecule has 0 amide bonds. The van der Waals surface area contributed by atoms with E-state index >= 15 is 0 Å². The van der Waals surface area contributed by atoms with E-state index in [1.54, 1.807) is 0 Å². The van der Waals surface area contributed by atoms with E-state index in [1.165, 1.54) is 58.3 Å². The molecule has 0 aromatic carbocycles. The molecule has 3 fully saturated rings. The predicted octanol–water partition coefficient (Wildman–Crippen LogP) is 0.912. The van der Waals surface area contributed by atoms with Crippen LogP contribution in [0.2, 0.25) is 0 Å². The van der Waals surface area contributed by atoms with Gasteiger partial charge in [-0.05, 0) is 32.2 Å². The zero-order valence-corrected chi connectivity index (χ0v) is 12.1. The minimum atomic E-state index is 0.231. The Kier molecular flexibility index (Phi) is 4.42. The molecule has 0 spiro atoms. The third-order valence-electron chi connectivity index (χ3n) is 5.32. The molecule has 0 radical (unpaired) electrons. The molecule has 0 bridgehead atoms. The van der Waals surface area contributed by atoms with Gasteiger partial charge in [0.2, 0.25) is 0 Å². The number of nitrogens with two attached hydrogens (primary N) is 1. The van der Waals surface area contributed by atoms with Gasteiger partial charge in [-0.15, -0.1) is 0 Å². The molecule has 3 aliphatic heterocycles. The maximum atomic E-state index is 6.07. The van der Waals surface area contributed by atoms with Crippen molar-refractivity contribution >= 4 is 0 Å². The fourth-order valence-corrected chi connectivity index (χ4v) is 4.10. The predicted molar refractivity (Wildman–Crippen MR) is 77.2 cm³/mol. The van der Waals surface area contributed by atoms with Crippen LogP contribution < -0.4 is 5.73 Å². The lowest BCUT2D eigenvalue weighted by Crippen LogP contribution is -2.58. The quantitative estimate of drug-likeness (QED) is 0.825. The number of nitrogens with zero attached hydrogens (tertiary/aromatic N) is 2. The fourth-order valence-electron chi connectivity index (χ4n) is 4.10. The lowest BCUT2D eigenvalue weighted by atomic mass is 9.81. The van der Waals surface area contributed by atoms with Gasteiger partial charge >= 0.3 is 0 Å². The molecule has 0 aromatic heterocycles. The van der Waals surface area contributed by atoms with E-state index in [0.717, 1.165) is 32.3 Å². The van der Waals surface area contributed by atoms with Gasteiger partial charge < -0.3 is 10.5 Å². The van der Waals surface area contributed by atoms with Crippen LogP contribution in [-0.2, 0) is 4.74 Å². The summed E-state index contributed by atoms with van der Waals surface area (Å²) in [6, 6.07) is 0.807. The van der Waals surface area contributed by atoms with Crippen LogP contribution in [-0.4, -0.2) is 68.3 Å². The van der Waals surface area contributed by atoms with Crippen molar-refractivity contribution in [1.82, 2.24) is 9.80 Å². The van der Waals surface area contributed by atoms with Gasteiger partial charge in [-0.1, -0.05) is 6.42 Å². The molecule has 2 unspecified atom stereocenters. The van der Waals surface area contributed by atoms with E-state index in [4.69, 9.17) is 10.5 Å². The first kappa shape index (κ1) is 13.8. The fraction of sp³-hybridized carbons (Fsp3) is 1.00. The molecular formula is C15H29N3O. The highest BCUT2D eigenvalue weighted by atomic mass is 16.5. The van der Waals surface area contributed by atoms with Gasteiger partial charge in [0.15, 0.2) is 0 Å². The van der Waals surface area contributed by atoms with E-state index in [2.05, 4.69) is 9.80 Å². The van der Waals surface area contributed by atoms with Crippen LogP contribution >= 0.6 is 0 Å². The van der Waals surface area contributed by atoms with Crippen LogP contribution in [0.4, 0.5) is 0 Å². The van der Waals surface area contributed by atoms with E-state index in [-0.39, 0.29) is 5.41 Å². The SMILES string of the molecule is NCC1(CN2CCN3CCCCC3C2)CCCOC1. The number of hydrogen-bond donors (Lipinski definition) is 1. The molecule has 3 heterocycles. The van der Waals surface area contributed by atoms with Crippen molar-refractivity contribution in [1.29, 1.82) is 0 Å². The molecule has 110 valence electrons. The highest BCUT2D eigenvalue weighted by Crippen LogP contribution is 2.30. The Morgan fingerprint density at radius 1 is 1.16 bits per heavy atom. The lowest BCUT2D eigenvalue weighted by molar-refractivity contribution is -0.0389. The number of rotatable bonds is 3. The molecule has 19 heavy (non-hydrogen) atoms. The molecule has 3 rings (SSSR count). The van der Waals surface area contributed by atoms with E-state index < -0.39 is 0 Å². The molecule has 2 N–H and O–H groups in total. The molecule has 3 aliphatic rings. The van der Waals surface area contributed by atoms with Gasteiger partial charge in [0, 0.05) is 50.8 Å². The van der Waals surface area contributed by atoms with Crippen LogP contribution in [0.3, 0.4) is 0 Å². The summed E-state index contributed by atoms with van der Waals surface area (Å²) in [6.07, 6.45) is 6.63. The third-order valence-corrected chi connectivity index (χ3v) is 5.32. The number of piperazine rings is 1. The Balaban J connectivity index is 1.57. The molecule has 2 atom stereocenters. The van der Waals surface area contributed by atoms with Crippen LogP contribution in [0.5, 0.6) is 0 Å². The number of fused-ring (bicyclic) bond motifs is 1. The van der Waals surface area contributed by atoms with Crippen LogP contribution in [0, 0.1) is 5.41 Å². The van der Waals surface area contributed by atoms with E-state index in [0.29, 0.717) is 0 Å². The highest BCUT2D eigenvalue weighted by Gasteiger charge is 2.36. The Morgan fingerprint density at radius 3 is 2.89 bits per heavy atom. The smallest absolute Gasteiger partial charge is 0.0546 e. The first-order valence-electron chi connectivity index (χ1n) is 8.06. The van der Waals surface area contributed by atoms with Gasteiger partial charge in [-0.2, -0.15) is 0 Å². The number of hydrogen-bond acceptors (Lipinski definition) is 4. The van der Waals surface area contributed by atoms with Crippen molar-refractivity contribution in [2.45, 2.75) is 38.1 Å². The number of ether oxygens (including phenoxy) is 1. The average molecular weight is 267 g/mol. The van der Waals surface area contributed by atoms with Gasteiger partial charge in [0.05, 0.1) is 6.61 Å². The maximum absolute atomic E-state index is 6.07. The maximum Gasteiger partial charge on any atom is 0.0546 e. The topological polar surface area (TPSA) is 41.7 Å². The largest absolute Gasteiger partial charge is 0.381 e. The molecule has 0 aromatic rings. The van der Waals surface area contributed by atoms with Gasteiger partial charge in [0.1, 0.15) is 0 Å². The van der Waals surface area contributed by atoms with E-state index in [1.807, 2.05) is 0 Å². The monoisotopic (exact) mass is 267 g/mol. The Bertz CT molecular complexity index is 291. The molecule has 0 saturated carbocycles. The van der Waals surface area contributed by atoms with Crippen molar-refractivity contribution in [3.8, 4) is 0 Å². The number of piperidine rings is 1. The van der Waals surface area contributed by atoms with Crippen molar-refractivity contribution < 1.29 is 4.74 Å². The normalized spacial score (nSPS) is 38.1. The standard InChI is InChI=1S/C15H29N3O/c16-11-15(5-3-9-19-13-15)12-17-7-8-18-6-2-1-4-14(18)10-17/h14H,1-13,16H2. The zero-order valence-electron chi connectivity index (χ0n) is 12.1. The molecule has 3 saturated heterocycles. The van der Waals surface area contributed by atoms with Crippen molar-refractivity contribution in [2.75, 3.05) is 52.5 Å². The summed E-state index contributed by atoms with van der Waals surface area (Å²) in [5.74, 6) is 0. The Labute approximate surface area is 117 Å². The average Bonchev–Trinajstić information content (AvgIpc) is 2.48. The highest BCUT2D eigenvalue weighted by molar-refractivity contribution is 4.91. The summed E-state index contributed by atoms with van der Waals surface area (Å²) in [6.45, 7) is 8.77. The third kappa shape index (κ3) is 3.13. The minimum Gasteiger partial charge on any atom is -0.381 e. The van der Waals surface area contributed by atoms with Gasteiger partial charge in [-0.3, -0.25) is 9.80 Å². The second kappa shape index (κ2) is 6.08. The summed E-state index contributed by atoms with van der Waals surface area (Å²) in [4.78, 5) is 5.36. The summed E-state index contributed by atoms with van der Waals surface area (Å²) in [5.41, 5.74) is 6.30. The summed E-state index contributed by atoms with van der Waals surface area (Å²) in [7, 11) is 0. The molecule has 0 aliphatic carbocycles. The Hall–Kier alpha value is -0.160. The first-order valence-corrected chi connectivity index (χ1v) is 8.06. The summed E-state index contributed by atoms with van der Waals surface area (Å²) in [5, 5.41) is 0. The molecule has 4 nitrogen and oxygen atoms in total. The van der Waals surface area contributed by atoms with E-state index in [9.17, 15) is 0 Å².